The first-order chi connectivity index (χ1) is 15.5. The number of aromatic nitrogens is 5. The molecule has 0 aliphatic heterocycles. The van der Waals surface area contributed by atoms with Crippen LogP contribution < -0.4 is 11.3 Å². The number of nitrogens with two attached hydrogens (primary N) is 1. The van der Waals surface area contributed by atoms with Gasteiger partial charge in [-0.3, -0.25) is 14.6 Å². The van der Waals surface area contributed by atoms with Crippen LogP contribution in [0.25, 0.3) is 22.8 Å². The van der Waals surface area contributed by atoms with Gasteiger partial charge in [0.2, 0.25) is 11.4 Å². The van der Waals surface area contributed by atoms with E-state index >= 15 is 0 Å². The number of carbonyl (C=O) groups excluding carboxylic acids is 1. The molecule has 4 aromatic heterocycles. The van der Waals surface area contributed by atoms with Gasteiger partial charge >= 0.3 is 0 Å². The molecule has 0 radical (unpaired) electrons. The number of oxazole rings is 1. The van der Waals surface area contributed by atoms with Gasteiger partial charge in [-0.25, -0.2) is 15.0 Å². The van der Waals surface area contributed by atoms with Gasteiger partial charge in [0.15, 0.2) is 17.3 Å². The van der Waals surface area contributed by atoms with Gasteiger partial charge in [0, 0.05) is 43.2 Å². The number of anilines is 1. The van der Waals surface area contributed by atoms with Crippen LogP contribution >= 0.6 is 0 Å². The van der Waals surface area contributed by atoms with Crippen LogP contribution in [0.15, 0.2) is 58.3 Å². The van der Waals surface area contributed by atoms with E-state index in [1.807, 2.05) is 0 Å². The summed E-state index contributed by atoms with van der Waals surface area (Å²) in [4.78, 5) is 42.0. The summed E-state index contributed by atoms with van der Waals surface area (Å²) in [5.41, 5.74) is 8.30. The predicted octanol–water partition coefficient (Wildman–Crippen LogP) is 1.78. The number of aryl methyl sites for hydroxylation is 2. The number of aliphatic hydroxyl groups excluding tert-OH is 1. The second-order valence-corrected chi connectivity index (χ2v) is 7.05. The van der Waals surface area contributed by atoms with Crippen LogP contribution in [0.1, 0.15) is 28.2 Å². The summed E-state index contributed by atoms with van der Waals surface area (Å²) < 4.78 is 6.76. The van der Waals surface area contributed by atoms with Crippen molar-refractivity contribution in [3.8, 4) is 22.8 Å². The first-order valence-corrected chi connectivity index (χ1v) is 9.79. The van der Waals surface area contributed by atoms with E-state index in [-0.39, 0.29) is 47.5 Å². The van der Waals surface area contributed by atoms with Crippen LogP contribution in [0.4, 0.5) is 5.82 Å². The Kier molecular flexibility index (Phi) is 5.86. The zero-order chi connectivity index (χ0) is 22.7. The average molecular weight is 432 g/mol. The van der Waals surface area contributed by atoms with Crippen molar-refractivity contribution in [2.75, 3.05) is 5.73 Å². The first kappa shape index (κ1) is 21.1. The first-order valence-electron chi connectivity index (χ1n) is 9.79. The third-order valence-electron chi connectivity index (χ3n) is 4.92. The summed E-state index contributed by atoms with van der Waals surface area (Å²) in [5, 5.41) is 9.46. The van der Waals surface area contributed by atoms with Gasteiger partial charge in [0.25, 0.3) is 0 Å². The zero-order valence-corrected chi connectivity index (χ0v) is 17.2. The molecule has 4 aromatic rings. The molecule has 4 rings (SSSR count). The van der Waals surface area contributed by atoms with Gasteiger partial charge in [0.05, 0.1) is 12.8 Å². The minimum atomic E-state index is -0.324. The van der Waals surface area contributed by atoms with Crippen molar-refractivity contribution in [1.82, 2.24) is 24.5 Å². The monoisotopic (exact) mass is 432 g/mol. The maximum Gasteiger partial charge on any atom is 0.250 e. The Morgan fingerprint density at radius 1 is 1.16 bits per heavy atom. The summed E-state index contributed by atoms with van der Waals surface area (Å²) in [6, 6.07) is 6.46. The Morgan fingerprint density at radius 2 is 2.00 bits per heavy atom. The van der Waals surface area contributed by atoms with Crippen molar-refractivity contribution in [1.29, 1.82) is 0 Å². The number of Topliss-reactive ketones (excluding diaryl/α,β-unsaturated/α-hetero) is 1. The van der Waals surface area contributed by atoms with E-state index in [0.717, 1.165) is 0 Å². The predicted molar refractivity (Wildman–Crippen MR) is 115 cm³/mol. The van der Waals surface area contributed by atoms with Crippen LogP contribution in [-0.4, -0.2) is 35.4 Å². The number of nitrogens with zero attached hydrogens (tertiary/aromatic N) is 5. The Balaban J connectivity index is 1.73. The lowest BCUT2D eigenvalue weighted by Gasteiger charge is -2.11. The average Bonchev–Trinajstić information content (AvgIpc) is 3.34. The molecule has 4 heterocycles. The standard InChI is InChI=1S/C22H20N6O4/c1-28-11-13(4-7-17(28)31)18-20(22-25-9-10-32-22)27-21(23)19(26-18)16(30)6-5-15-14(12-29)3-2-8-24-15/h2-4,7-11,29H,5-6,12H2,1H3,(H2,23,27). The quantitative estimate of drug-likeness (QED) is 0.416. The molecular formula is C22H20N6O4. The van der Waals surface area contributed by atoms with Gasteiger partial charge in [-0.15, -0.1) is 0 Å². The van der Waals surface area contributed by atoms with Gasteiger partial charge in [0.1, 0.15) is 17.7 Å². The SMILES string of the molecule is Cn1cc(-c2nc(C(=O)CCc3ncccc3CO)c(N)nc2-c2ncco2)ccc1=O. The normalized spacial score (nSPS) is 10.9. The maximum absolute atomic E-state index is 13.0. The van der Waals surface area contributed by atoms with Crippen LogP contribution in [0.3, 0.4) is 0 Å². The number of ketones is 1. The van der Waals surface area contributed by atoms with Crippen LogP contribution in [0.5, 0.6) is 0 Å². The highest BCUT2D eigenvalue weighted by molar-refractivity contribution is 5.99. The largest absolute Gasteiger partial charge is 0.443 e. The van der Waals surface area contributed by atoms with Gasteiger partial charge in [-0.1, -0.05) is 6.07 Å². The highest BCUT2D eigenvalue weighted by Gasteiger charge is 2.22. The molecule has 0 saturated carbocycles. The maximum atomic E-state index is 13.0. The third-order valence-corrected chi connectivity index (χ3v) is 4.92. The molecule has 0 aliphatic rings. The molecule has 162 valence electrons. The molecule has 3 N–H and O–H groups in total. The van der Waals surface area contributed by atoms with E-state index < -0.39 is 0 Å². The molecule has 0 atom stereocenters. The third kappa shape index (κ3) is 4.16. The second kappa shape index (κ2) is 8.90. The molecule has 10 heteroatoms. The second-order valence-electron chi connectivity index (χ2n) is 7.05. The molecule has 0 aliphatic carbocycles. The van der Waals surface area contributed by atoms with Crippen molar-refractivity contribution < 1.29 is 14.3 Å². The van der Waals surface area contributed by atoms with Crippen molar-refractivity contribution in [2.45, 2.75) is 19.4 Å². The number of aliphatic hydroxyl groups is 1. The number of pyridine rings is 2. The van der Waals surface area contributed by atoms with Crippen LogP contribution in [0.2, 0.25) is 0 Å². The topological polar surface area (TPSA) is 150 Å². The van der Waals surface area contributed by atoms with Crippen molar-refractivity contribution in [2.24, 2.45) is 7.05 Å². The fourth-order valence-corrected chi connectivity index (χ4v) is 3.27. The molecule has 0 aromatic carbocycles. The van der Waals surface area contributed by atoms with Crippen molar-refractivity contribution in [3.05, 3.63) is 76.4 Å². The fourth-order valence-electron chi connectivity index (χ4n) is 3.27. The van der Waals surface area contributed by atoms with Gasteiger partial charge in [-0.05, 0) is 24.1 Å². The molecule has 0 amide bonds. The summed E-state index contributed by atoms with van der Waals surface area (Å²) in [7, 11) is 1.61. The Bertz CT molecular complexity index is 1330. The molecule has 32 heavy (non-hydrogen) atoms. The Labute approximate surface area is 182 Å². The van der Waals surface area contributed by atoms with E-state index in [1.165, 1.54) is 23.1 Å². The summed E-state index contributed by atoms with van der Waals surface area (Å²) >= 11 is 0. The van der Waals surface area contributed by atoms with E-state index in [0.29, 0.717) is 28.9 Å². The molecule has 0 spiro atoms. The van der Waals surface area contributed by atoms with Gasteiger partial charge < -0.3 is 19.8 Å². The van der Waals surface area contributed by atoms with Gasteiger partial charge in [-0.2, -0.15) is 0 Å². The van der Waals surface area contributed by atoms with E-state index in [1.54, 1.807) is 37.6 Å². The number of carbonyl (C=O) groups is 1. The number of rotatable bonds is 7. The minimum Gasteiger partial charge on any atom is -0.443 e. The smallest absolute Gasteiger partial charge is 0.250 e. The Morgan fingerprint density at radius 3 is 2.72 bits per heavy atom. The molecule has 0 bridgehead atoms. The molecular weight excluding hydrogens is 412 g/mol. The summed E-state index contributed by atoms with van der Waals surface area (Å²) in [5.74, 6) is -0.192. The van der Waals surface area contributed by atoms with Crippen LogP contribution in [-0.2, 0) is 20.1 Å². The fraction of sp³-hybridized carbons (Fsp3) is 0.182. The van der Waals surface area contributed by atoms with E-state index in [2.05, 4.69) is 19.9 Å². The molecule has 0 fully saturated rings. The van der Waals surface area contributed by atoms with Crippen molar-refractivity contribution >= 4 is 11.6 Å². The highest BCUT2D eigenvalue weighted by Crippen LogP contribution is 2.30. The number of hydrogen-bond acceptors (Lipinski definition) is 9. The number of hydrogen-bond donors (Lipinski definition) is 2. The lowest BCUT2D eigenvalue weighted by molar-refractivity contribution is 0.0978. The molecule has 0 unspecified atom stereocenters. The van der Waals surface area contributed by atoms with E-state index in [4.69, 9.17) is 10.2 Å². The summed E-state index contributed by atoms with van der Waals surface area (Å²) in [6.45, 7) is -0.166. The molecule has 10 nitrogen and oxygen atoms in total. The number of nitrogen functional groups attached to an aromatic ring is 1. The Hall–Kier alpha value is -4.18. The highest BCUT2D eigenvalue weighted by atomic mass is 16.3. The lowest BCUT2D eigenvalue weighted by atomic mass is 10.1. The zero-order valence-electron chi connectivity index (χ0n) is 17.2. The molecule has 0 saturated heterocycles. The van der Waals surface area contributed by atoms with E-state index in [9.17, 15) is 14.7 Å². The lowest BCUT2D eigenvalue weighted by Crippen LogP contribution is -2.15. The minimum absolute atomic E-state index is 0.00522. The van der Waals surface area contributed by atoms with Crippen LogP contribution in [0, 0.1) is 0 Å². The summed E-state index contributed by atoms with van der Waals surface area (Å²) in [6.07, 6.45) is 6.44. The van der Waals surface area contributed by atoms with Crippen molar-refractivity contribution in [3.63, 3.8) is 0 Å².